The molecule has 0 fully saturated rings. The minimum atomic E-state index is -0.522. The molecule has 0 radical (unpaired) electrons. The average molecular weight is 451 g/mol. The summed E-state index contributed by atoms with van der Waals surface area (Å²) in [6, 6.07) is 8.73. The fraction of sp³-hybridized carbons (Fsp3) is 0.280. The zero-order valence-electron chi connectivity index (χ0n) is 19.1. The number of Topliss-reactive ketones (excluding diaryl/α,β-unsaturated/α-hetero) is 1. The summed E-state index contributed by atoms with van der Waals surface area (Å²) >= 11 is 0. The number of nitrogens with zero attached hydrogens (tertiary/aromatic N) is 3. The highest BCUT2D eigenvalue weighted by molar-refractivity contribution is 6.06. The van der Waals surface area contributed by atoms with Crippen LogP contribution in [0.2, 0.25) is 0 Å². The van der Waals surface area contributed by atoms with E-state index >= 15 is 0 Å². The predicted octanol–water partition coefficient (Wildman–Crippen LogP) is 3.97. The van der Waals surface area contributed by atoms with E-state index in [1.165, 1.54) is 36.3 Å². The lowest BCUT2D eigenvalue weighted by molar-refractivity contribution is 0.0587. The van der Waals surface area contributed by atoms with Gasteiger partial charge in [0.1, 0.15) is 11.5 Å². The van der Waals surface area contributed by atoms with Crippen LogP contribution in [0.1, 0.15) is 54.9 Å². The van der Waals surface area contributed by atoms with Crippen LogP contribution in [0.4, 0.5) is 4.39 Å². The quantitative estimate of drug-likeness (QED) is 0.382. The van der Waals surface area contributed by atoms with E-state index in [2.05, 4.69) is 4.98 Å². The van der Waals surface area contributed by atoms with E-state index in [-0.39, 0.29) is 24.4 Å². The second-order valence-electron chi connectivity index (χ2n) is 7.62. The number of hydrogen-bond acceptors (Lipinski definition) is 5. The van der Waals surface area contributed by atoms with E-state index in [0.29, 0.717) is 29.1 Å². The van der Waals surface area contributed by atoms with Crippen molar-refractivity contribution in [1.82, 2.24) is 14.5 Å². The molecule has 172 valence electrons. The molecule has 3 rings (SSSR count). The number of esters is 1. The van der Waals surface area contributed by atoms with E-state index in [1.807, 2.05) is 13.0 Å². The summed E-state index contributed by atoms with van der Waals surface area (Å²) in [7, 11) is 1.29. The third-order valence-corrected chi connectivity index (χ3v) is 5.55. The van der Waals surface area contributed by atoms with Gasteiger partial charge in [0.05, 0.1) is 13.7 Å². The molecule has 0 N–H and O–H groups in total. The van der Waals surface area contributed by atoms with Crippen molar-refractivity contribution >= 4 is 17.7 Å². The fourth-order valence-electron chi connectivity index (χ4n) is 4.00. The number of ketones is 1. The molecule has 0 saturated heterocycles. The van der Waals surface area contributed by atoms with Gasteiger partial charge < -0.3 is 14.2 Å². The summed E-state index contributed by atoms with van der Waals surface area (Å²) < 4.78 is 20.0. The van der Waals surface area contributed by atoms with E-state index < -0.39 is 17.7 Å². The van der Waals surface area contributed by atoms with Crippen LogP contribution in [0.15, 0.2) is 48.8 Å². The number of benzene rings is 1. The number of carbonyl (C=O) groups excluding carboxylic acids is 3. The standard InChI is InChI=1S/C25H26FN3O4/c1-5-29-17(3)22(16(2)23(29)25(32)33-4)21(30)15-28(14-18-7-6-12-27-13-18)24(31)19-8-10-20(26)11-9-19/h6-13H,5,14-15H2,1-4H3. The highest BCUT2D eigenvalue weighted by atomic mass is 19.1. The lowest BCUT2D eigenvalue weighted by Crippen LogP contribution is -2.35. The van der Waals surface area contributed by atoms with Crippen molar-refractivity contribution in [3.63, 3.8) is 0 Å². The first-order chi connectivity index (χ1) is 15.8. The number of amides is 1. The smallest absolute Gasteiger partial charge is 0.354 e. The predicted molar refractivity (Wildman–Crippen MR) is 121 cm³/mol. The molecule has 1 amide bonds. The molecule has 3 aromatic rings. The number of hydrogen-bond donors (Lipinski definition) is 0. The minimum Gasteiger partial charge on any atom is -0.464 e. The Bertz CT molecular complexity index is 1170. The number of carbonyl (C=O) groups is 3. The monoisotopic (exact) mass is 451 g/mol. The molecule has 0 unspecified atom stereocenters. The molecule has 2 aromatic heterocycles. The van der Waals surface area contributed by atoms with Crippen LogP contribution in [-0.2, 0) is 17.8 Å². The second-order valence-corrected chi connectivity index (χ2v) is 7.62. The summed E-state index contributed by atoms with van der Waals surface area (Å²) in [6.07, 6.45) is 3.24. The summed E-state index contributed by atoms with van der Waals surface area (Å²) in [5, 5.41) is 0. The van der Waals surface area contributed by atoms with Crippen molar-refractivity contribution < 1.29 is 23.5 Å². The van der Waals surface area contributed by atoms with Gasteiger partial charge in [-0.2, -0.15) is 0 Å². The number of rotatable bonds is 8. The maximum Gasteiger partial charge on any atom is 0.354 e. The Morgan fingerprint density at radius 3 is 2.39 bits per heavy atom. The molecule has 33 heavy (non-hydrogen) atoms. The van der Waals surface area contributed by atoms with Crippen LogP contribution in [0, 0.1) is 19.7 Å². The summed E-state index contributed by atoms with van der Waals surface area (Å²) in [5.74, 6) is -1.69. The van der Waals surface area contributed by atoms with Crippen LogP contribution >= 0.6 is 0 Å². The number of ether oxygens (including phenoxy) is 1. The van der Waals surface area contributed by atoms with Crippen LogP contribution in [-0.4, -0.2) is 45.8 Å². The van der Waals surface area contributed by atoms with Gasteiger partial charge in [0.25, 0.3) is 5.91 Å². The van der Waals surface area contributed by atoms with Gasteiger partial charge in [0.15, 0.2) is 5.78 Å². The van der Waals surface area contributed by atoms with Crippen molar-refractivity contribution in [3.8, 4) is 0 Å². The lowest BCUT2D eigenvalue weighted by Gasteiger charge is -2.22. The zero-order chi connectivity index (χ0) is 24.1. The Kier molecular flexibility index (Phi) is 7.37. The lowest BCUT2D eigenvalue weighted by atomic mass is 10.0. The number of halogens is 1. The topological polar surface area (TPSA) is 81.5 Å². The molecule has 0 aliphatic rings. The molecule has 0 spiro atoms. The molecule has 8 heteroatoms. The molecule has 7 nitrogen and oxygen atoms in total. The van der Waals surface area contributed by atoms with Crippen LogP contribution in [0.5, 0.6) is 0 Å². The largest absolute Gasteiger partial charge is 0.464 e. The fourth-order valence-corrected chi connectivity index (χ4v) is 4.00. The zero-order valence-corrected chi connectivity index (χ0v) is 19.1. The summed E-state index contributed by atoms with van der Waals surface area (Å²) in [6.45, 7) is 5.75. The minimum absolute atomic E-state index is 0.145. The van der Waals surface area contributed by atoms with E-state index in [9.17, 15) is 18.8 Å². The molecule has 0 saturated carbocycles. The molecule has 0 bridgehead atoms. The Morgan fingerprint density at radius 1 is 1.12 bits per heavy atom. The first-order valence-electron chi connectivity index (χ1n) is 10.5. The van der Waals surface area contributed by atoms with Gasteiger partial charge in [-0.25, -0.2) is 9.18 Å². The van der Waals surface area contributed by atoms with Gasteiger partial charge in [-0.05, 0) is 62.2 Å². The highest BCUT2D eigenvalue weighted by Gasteiger charge is 2.28. The molecule has 1 aromatic carbocycles. The van der Waals surface area contributed by atoms with Gasteiger partial charge in [0, 0.05) is 42.3 Å². The Labute approximate surface area is 191 Å². The Balaban J connectivity index is 1.98. The first kappa shape index (κ1) is 23.8. The maximum absolute atomic E-state index is 13.4. The van der Waals surface area contributed by atoms with Crippen LogP contribution < -0.4 is 0 Å². The molecular weight excluding hydrogens is 425 g/mol. The van der Waals surface area contributed by atoms with Gasteiger partial charge in [-0.1, -0.05) is 6.07 Å². The van der Waals surface area contributed by atoms with Crippen LogP contribution in [0.3, 0.4) is 0 Å². The third-order valence-electron chi connectivity index (χ3n) is 5.55. The third kappa shape index (κ3) is 5.00. The molecule has 0 aliphatic heterocycles. The summed E-state index contributed by atoms with van der Waals surface area (Å²) in [4.78, 5) is 44.5. The van der Waals surface area contributed by atoms with Crippen molar-refractivity contribution in [2.75, 3.05) is 13.7 Å². The average Bonchev–Trinajstić information content (AvgIpc) is 3.08. The van der Waals surface area contributed by atoms with Crippen molar-refractivity contribution in [1.29, 1.82) is 0 Å². The normalized spacial score (nSPS) is 10.7. The second kappa shape index (κ2) is 10.2. The van der Waals surface area contributed by atoms with Gasteiger partial charge in [0.2, 0.25) is 0 Å². The molecule has 0 atom stereocenters. The molecule has 2 heterocycles. The van der Waals surface area contributed by atoms with Gasteiger partial charge in [-0.15, -0.1) is 0 Å². The van der Waals surface area contributed by atoms with E-state index in [4.69, 9.17) is 4.74 Å². The van der Waals surface area contributed by atoms with Crippen molar-refractivity contribution in [3.05, 3.63) is 88.3 Å². The molecule has 0 aliphatic carbocycles. The number of methoxy groups -OCH3 is 1. The number of aromatic nitrogens is 2. The SMILES string of the molecule is CCn1c(C)c(C(=O)CN(Cc2cccnc2)C(=O)c2ccc(F)cc2)c(C)c1C(=O)OC. The van der Waals surface area contributed by atoms with E-state index in [1.54, 1.807) is 36.9 Å². The first-order valence-corrected chi connectivity index (χ1v) is 10.5. The molecular formula is C25H26FN3O4. The number of pyridine rings is 1. The van der Waals surface area contributed by atoms with Crippen molar-refractivity contribution in [2.24, 2.45) is 0 Å². The highest BCUT2D eigenvalue weighted by Crippen LogP contribution is 2.24. The Hall–Kier alpha value is -3.81. The van der Waals surface area contributed by atoms with E-state index in [0.717, 1.165) is 5.56 Å². The maximum atomic E-state index is 13.4. The van der Waals surface area contributed by atoms with Crippen molar-refractivity contribution in [2.45, 2.75) is 33.9 Å². The van der Waals surface area contributed by atoms with Gasteiger partial charge in [-0.3, -0.25) is 14.6 Å². The van der Waals surface area contributed by atoms with Gasteiger partial charge >= 0.3 is 5.97 Å². The van der Waals surface area contributed by atoms with Crippen LogP contribution in [0.25, 0.3) is 0 Å². The Morgan fingerprint density at radius 2 is 1.82 bits per heavy atom. The summed E-state index contributed by atoms with van der Waals surface area (Å²) in [5.41, 5.74) is 2.88.